The number of anilines is 1. The Morgan fingerprint density at radius 3 is 2.42 bits per heavy atom. The van der Waals surface area contributed by atoms with Crippen molar-refractivity contribution >= 4 is 11.7 Å². The summed E-state index contributed by atoms with van der Waals surface area (Å²) in [5.41, 5.74) is 10.2. The third-order valence-electron chi connectivity index (χ3n) is 2.75. The van der Waals surface area contributed by atoms with Gasteiger partial charge in [0.2, 0.25) is 0 Å². The second kappa shape index (κ2) is 4.63. The Hall–Kier alpha value is -2.51. The first-order chi connectivity index (χ1) is 8.93. The van der Waals surface area contributed by atoms with Crippen molar-refractivity contribution in [1.29, 1.82) is 0 Å². The largest absolute Gasteiger partial charge is 0.382 e. The van der Waals surface area contributed by atoms with E-state index in [9.17, 15) is 13.6 Å². The molecule has 0 unspecified atom stereocenters. The summed E-state index contributed by atoms with van der Waals surface area (Å²) in [5.74, 6) is -2.46. The van der Waals surface area contributed by atoms with Crippen LogP contribution in [-0.2, 0) is 0 Å². The number of carbonyl (C=O) groups excluding carboxylic acids is 1. The lowest BCUT2D eigenvalue weighted by Crippen LogP contribution is -2.17. The molecule has 0 spiro atoms. The van der Waals surface area contributed by atoms with Gasteiger partial charge in [-0.2, -0.15) is 0 Å². The van der Waals surface area contributed by atoms with Crippen molar-refractivity contribution < 1.29 is 13.6 Å². The summed E-state index contributed by atoms with van der Waals surface area (Å²) < 4.78 is 28.3. The van der Waals surface area contributed by atoms with Gasteiger partial charge in [-0.25, -0.2) is 13.5 Å². The molecular formula is C11H11F2N5O. The van der Waals surface area contributed by atoms with Crippen LogP contribution in [-0.4, -0.2) is 20.9 Å². The van der Waals surface area contributed by atoms with Gasteiger partial charge in [0.15, 0.2) is 11.5 Å². The predicted octanol–water partition coefficient (Wildman–Crippen LogP) is 0.847. The molecule has 2 aromatic rings. The minimum absolute atomic E-state index is 0.136. The Morgan fingerprint density at radius 2 is 1.95 bits per heavy atom. The summed E-state index contributed by atoms with van der Waals surface area (Å²) in [4.78, 5) is 11.0. The Kier molecular flexibility index (Phi) is 3.16. The predicted molar refractivity (Wildman–Crippen MR) is 63.1 cm³/mol. The van der Waals surface area contributed by atoms with E-state index in [0.717, 1.165) is 16.8 Å². The van der Waals surface area contributed by atoms with Gasteiger partial charge in [-0.05, 0) is 19.1 Å². The summed E-state index contributed by atoms with van der Waals surface area (Å²) in [5, 5.41) is 7.09. The van der Waals surface area contributed by atoms with Gasteiger partial charge in [0.1, 0.15) is 11.6 Å². The Bertz CT molecular complexity index is 620. The number of primary amides is 1. The molecule has 19 heavy (non-hydrogen) atoms. The monoisotopic (exact) mass is 267 g/mol. The van der Waals surface area contributed by atoms with Crippen LogP contribution in [0.4, 0.5) is 14.6 Å². The molecule has 0 aliphatic heterocycles. The van der Waals surface area contributed by atoms with Crippen LogP contribution in [0.3, 0.4) is 0 Å². The standard InChI is InChI=1S/C11H11F2N5O/c1-5(8-6(12)3-2-4-7(8)13)18-10(14)9(11(15)19)16-17-18/h2-5H,14H2,1H3,(H2,15,19)/t5-/m1/s1. The quantitative estimate of drug-likeness (QED) is 0.860. The fourth-order valence-corrected chi connectivity index (χ4v) is 1.79. The second-order valence-electron chi connectivity index (χ2n) is 3.94. The zero-order valence-corrected chi connectivity index (χ0v) is 9.97. The Labute approximate surface area is 107 Å². The SMILES string of the molecule is C[C@H](c1c(F)cccc1F)n1nnc(C(N)=O)c1N. The van der Waals surface area contributed by atoms with E-state index in [2.05, 4.69) is 10.3 Å². The van der Waals surface area contributed by atoms with Crippen LogP contribution >= 0.6 is 0 Å². The van der Waals surface area contributed by atoms with E-state index in [-0.39, 0.29) is 17.1 Å². The number of hydrogen-bond acceptors (Lipinski definition) is 4. The van der Waals surface area contributed by atoms with Gasteiger partial charge in [0, 0.05) is 5.56 Å². The molecule has 100 valence electrons. The van der Waals surface area contributed by atoms with Gasteiger partial charge in [-0.15, -0.1) is 5.10 Å². The summed E-state index contributed by atoms with van der Waals surface area (Å²) in [7, 11) is 0. The molecule has 4 N–H and O–H groups in total. The molecule has 0 saturated heterocycles. The van der Waals surface area contributed by atoms with E-state index >= 15 is 0 Å². The van der Waals surface area contributed by atoms with E-state index in [0.29, 0.717) is 0 Å². The number of amides is 1. The highest BCUT2D eigenvalue weighted by Gasteiger charge is 2.23. The molecule has 1 aromatic carbocycles. The van der Waals surface area contributed by atoms with Crippen molar-refractivity contribution in [2.24, 2.45) is 5.73 Å². The first-order valence-electron chi connectivity index (χ1n) is 5.37. The zero-order valence-electron chi connectivity index (χ0n) is 9.97. The molecular weight excluding hydrogens is 256 g/mol. The van der Waals surface area contributed by atoms with Gasteiger partial charge in [0.25, 0.3) is 5.91 Å². The lowest BCUT2D eigenvalue weighted by Gasteiger charge is -2.14. The molecule has 0 aliphatic carbocycles. The number of rotatable bonds is 3. The smallest absolute Gasteiger partial charge is 0.273 e. The maximum atomic E-state index is 13.6. The molecule has 1 aromatic heterocycles. The van der Waals surface area contributed by atoms with Gasteiger partial charge in [-0.1, -0.05) is 11.3 Å². The van der Waals surface area contributed by atoms with Crippen LogP contribution in [0, 0.1) is 11.6 Å². The molecule has 0 aliphatic rings. The number of nitrogens with two attached hydrogens (primary N) is 2. The van der Waals surface area contributed by atoms with Crippen LogP contribution in [0.5, 0.6) is 0 Å². The average Bonchev–Trinajstić information content (AvgIpc) is 2.70. The molecule has 8 heteroatoms. The number of carbonyl (C=O) groups is 1. The first-order valence-corrected chi connectivity index (χ1v) is 5.37. The van der Waals surface area contributed by atoms with Gasteiger partial charge in [-0.3, -0.25) is 4.79 Å². The van der Waals surface area contributed by atoms with Crippen LogP contribution in [0.15, 0.2) is 18.2 Å². The minimum atomic E-state index is -0.859. The highest BCUT2D eigenvalue weighted by atomic mass is 19.1. The van der Waals surface area contributed by atoms with Crippen molar-refractivity contribution in [2.45, 2.75) is 13.0 Å². The van der Waals surface area contributed by atoms with Crippen LogP contribution in [0.25, 0.3) is 0 Å². The van der Waals surface area contributed by atoms with Crippen molar-refractivity contribution in [3.63, 3.8) is 0 Å². The summed E-state index contributed by atoms with van der Waals surface area (Å²) >= 11 is 0. The topological polar surface area (TPSA) is 99.8 Å². The molecule has 1 amide bonds. The third-order valence-corrected chi connectivity index (χ3v) is 2.75. The summed E-state index contributed by atoms with van der Waals surface area (Å²) in [6.07, 6.45) is 0. The second-order valence-corrected chi connectivity index (χ2v) is 3.94. The molecule has 6 nitrogen and oxygen atoms in total. The van der Waals surface area contributed by atoms with Crippen molar-refractivity contribution in [3.8, 4) is 0 Å². The van der Waals surface area contributed by atoms with Crippen molar-refractivity contribution in [3.05, 3.63) is 41.1 Å². The average molecular weight is 267 g/mol. The highest BCUT2D eigenvalue weighted by Crippen LogP contribution is 2.25. The number of aromatic nitrogens is 3. The van der Waals surface area contributed by atoms with Crippen LogP contribution in [0.2, 0.25) is 0 Å². The lowest BCUT2D eigenvalue weighted by atomic mass is 10.1. The first kappa shape index (κ1) is 12.9. The third kappa shape index (κ3) is 2.12. The van der Waals surface area contributed by atoms with Crippen LogP contribution < -0.4 is 11.5 Å². The van der Waals surface area contributed by atoms with E-state index < -0.39 is 23.6 Å². The van der Waals surface area contributed by atoms with E-state index in [1.54, 1.807) is 0 Å². The number of benzene rings is 1. The highest BCUT2D eigenvalue weighted by molar-refractivity contribution is 5.94. The summed E-state index contributed by atoms with van der Waals surface area (Å²) in [6, 6.07) is 2.64. The maximum absolute atomic E-state index is 13.6. The molecule has 0 fully saturated rings. The molecule has 0 bridgehead atoms. The van der Waals surface area contributed by atoms with Crippen LogP contribution in [0.1, 0.15) is 29.0 Å². The number of halogens is 2. The summed E-state index contributed by atoms with van der Waals surface area (Å²) in [6.45, 7) is 1.48. The van der Waals surface area contributed by atoms with E-state index in [1.807, 2.05) is 0 Å². The van der Waals surface area contributed by atoms with Gasteiger partial charge in [0.05, 0.1) is 6.04 Å². The Balaban J connectivity index is 2.51. The van der Waals surface area contributed by atoms with Crippen molar-refractivity contribution in [1.82, 2.24) is 15.0 Å². The normalized spacial score (nSPS) is 12.4. The number of nitrogens with zero attached hydrogens (tertiary/aromatic N) is 3. The number of nitrogen functional groups attached to an aromatic ring is 1. The minimum Gasteiger partial charge on any atom is -0.382 e. The molecule has 1 atom stereocenters. The molecule has 0 radical (unpaired) electrons. The van der Waals surface area contributed by atoms with E-state index in [1.165, 1.54) is 13.0 Å². The Morgan fingerprint density at radius 1 is 1.37 bits per heavy atom. The van der Waals surface area contributed by atoms with Crippen molar-refractivity contribution in [2.75, 3.05) is 5.73 Å². The zero-order chi connectivity index (χ0) is 14.2. The lowest BCUT2D eigenvalue weighted by molar-refractivity contribution is 0.0996. The van der Waals surface area contributed by atoms with E-state index in [4.69, 9.17) is 11.5 Å². The molecule has 2 rings (SSSR count). The van der Waals surface area contributed by atoms with Gasteiger partial charge < -0.3 is 11.5 Å². The fourth-order valence-electron chi connectivity index (χ4n) is 1.79. The van der Waals surface area contributed by atoms with Gasteiger partial charge >= 0.3 is 0 Å². The maximum Gasteiger partial charge on any atom is 0.273 e. The number of hydrogen-bond donors (Lipinski definition) is 2. The molecule has 1 heterocycles. The fraction of sp³-hybridized carbons (Fsp3) is 0.182. The molecule has 0 saturated carbocycles.